The van der Waals surface area contributed by atoms with Gasteiger partial charge in [-0.15, -0.1) is 0 Å². The largest absolute Gasteiger partial charge is 0.418 e. The monoisotopic (exact) mass is 473 g/mol. The van der Waals surface area contributed by atoms with Crippen molar-refractivity contribution in [2.45, 2.75) is 18.0 Å². The van der Waals surface area contributed by atoms with E-state index in [-0.39, 0.29) is 55.1 Å². The van der Waals surface area contributed by atoms with Crippen molar-refractivity contribution in [2.24, 2.45) is 0 Å². The Morgan fingerprint density at radius 1 is 1.12 bits per heavy atom. The molecule has 2 amide bonds. The number of β-amino-alcohol motifs (C(OH)–C–C–N with tert-alkyl or cyclic N) is 1. The first kappa shape index (κ1) is 22.6. The lowest BCUT2D eigenvalue weighted by molar-refractivity contribution is -0.136. The molecule has 0 bridgehead atoms. The van der Waals surface area contributed by atoms with Crippen LogP contribution in [-0.2, 0) is 20.9 Å². The number of alkyl halides is 3. The Hall–Kier alpha value is -2.61. The van der Waals surface area contributed by atoms with Crippen LogP contribution in [-0.4, -0.2) is 79.0 Å². The molecule has 1 aromatic carbocycles. The molecule has 0 unspecified atom stereocenters. The van der Waals surface area contributed by atoms with Crippen LogP contribution in [0, 0.1) is 6.92 Å². The summed E-state index contributed by atoms with van der Waals surface area (Å²) < 4.78 is 74.0. The molecule has 3 heterocycles. The number of aryl methyl sites for hydroxylation is 1. The van der Waals surface area contributed by atoms with E-state index in [4.69, 9.17) is 9.84 Å². The second-order valence-corrected chi connectivity index (χ2v) is 9.25. The van der Waals surface area contributed by atoms with Gasteiger partial charge in [0.05, 0.1) is 59.2 Å². The number of hydrogen-bond donors (Lipinski definition) is 1. The van der Waals surface area contributed by atoms with Crippen LogP contribution < -0.4 is 0 Å². The highest BCUT2D eigenvalue weighted by Gasteiger charge is 2.42. The number of hydrogen-bond acceptors (Lipinski definition) is 7. The lowest BCUT2D eigenvalue weighted by Gasteiger charge is -2.26. The summed E-state index contributed by atoms with van der Waals surface area (Å²) in [5, 5.41) is 8.78. The van der Waals surface area contributed by atoms with Crippen LogP contribution in [0.3, 0.4) is 0 Å². The Balaban J connectivity index is 2.04. The van der Waals surface area contributed by atoms with E-state index in [0.717, 1.165) is 10.4 Å². The van der Waals surface area contributed by atoms with Crippen molar-refractivity contribution in [3.8, 4) is 0 Å². The normalized spacial score (nSPS) is 18.0. The summed E-state index contributed by atoms with van der Waals surface area (Å²) in [4.78, 5) is 29.5. The fraction of sp³-hybridized carbons (Fsp3) is 0.421. The number of nitrogens with zero attached hydrogens (tertiary/aromatic N) is 3. The number of benzene rings is 1. The molecule has 172 valence electrons. The number of halogens is 3. The van der Waals surface area contributed by atoms with Gasteiger partial charge < -0.3 is 9.84 Å². The van der Waals surface area contributed by atoms with Crippen molar-refractivity contribution in [1.29, 1.82) is 0 Å². The Morgan fingerprint density at radius 3 is 2.34 bits per heavy atom. The average molecular weight is 473 g/mol. The summed E-state index contributed by atoms with van der Waals surface area (Å²) in [6, 6.07) is 1.45. The van der Waals surface area contributed by atoms with Crippen molar-refractivity contribution in [3.63, 3.8) is 0 Å². The van der Waals surface area contributed by atoms with Crippen LogP contribution in [0.4, 0.5) is 13.2 Å². The lowest BCUT2D eigenvalue weighted by Crippen LogP contribution is -2.40. The Bertz CT molecular complexity index is 1240. The summed E-state index contributed by atoms with van der Waals surface area (Å²) in [5.41, 5.74) is -2.60. The molecule has 32 heavy (non-hydrogen) atoms. The fourth-order valence-electron chi connectivity index (χ4n) is 3.91. The van der Waals surface area contributed by atoms with E-state index in [0.29, 0.717) is 11.0 Å². The number of aliphatic hydroxyl groups is 1. The SMILES string of the molecule is Cc1nc2c(C(F)(F)F)cc(S(=O)(=O)N3CCOCC3)cc2c2c1C(=O)N(CCO)C2=O. The minimum absolute atomic E-state index is 0.0341. The first-order valence-electron chi connectivity index (χ1n) is 9.59. The minimum atomic E-state index is -4.97. The molecule has 13 heteroatoms. The zero-order chi connectivity index (χ0) is 23.4. The zero-order valence-electron chi connectivity index (χ0n) is 16.8. The van der Waals surface area contributed by atoms with Gasteiger partial charge in [0.2, 0.25) is 10.0 Å². The number of morpholine rings is 1. The van der Waals surface area contributed by atoms with Crippen molar-refractivity contribution in [3.05, 3.63) is 34.5 Å². The van der Waals surface area contributed by atoms with E-state index in [9.17, 15) is 31.2 Å². The lowest BCUT2D eigenvalue weighted by atomic mass is 9.99. The smallest absolute Gasteiger partial charge is 0.395 e. The molecule has 1 saturated heterocycles. The van der Waals surface area contributed by atoms with Gasteiger partial charge in [-0.3, -0.25) is 19.5 Å². The number of fused-ring (bicyclic) bond motifs is 3. The van der Waals surface area contributed by atoms with E-state index >= 15 is 0 Å². The minimum Gasteiger partial charge on any atom is -0.395 e. The Kier molecular flexibility index (Phi) is 5.48. The van der Waals surface area contributed by atoms with Gasteiger partial charge in [-0.05, 0) is 19.1 Å². The van der Waals surface area contributed by atoms with Gasteiger partial charge in [-0.2, -0.15) is 17.5 Å². The van der Waals surface area contributed by atoms with E-state index < -0.39 is 50.6 Å². The maximum Gasteiger partial charge on any atom is 0.418 e. The second-order valence-electron chi connectivity index (χ2n) is 7.31. The van der Waals surface area contributed by atoms with Gasteiger partial charge in [0.25, 0.3) is 11.8 Å². The third-order valence-corrected chi connectivity index (χ3v) is 7.28. The third kappa shape index (κ3) is 3.45. The molecule has 0 radical (unpaired) electrons. The molecule has 0 spiro atoms. The summed E-state index contributed by atoms with van der Waals surface area (Å²) in [6.45, 7) is 0.522. The molecular formula is C19H18F3N3O6S. The molecular weight excluding hydrogens is 455 g/mol. The van der Waals surface area contributed by atoms with Crippen LogP contribution >= 0.6 is 0 Å². The summed E-state index contributed by atoms with van der Waals surface area (Å²) in [6.07, 6.45) is -4.97. The van der Waals surface area contributed by atoms with Crippen molar-refractivity contribution >= 4 is 32.7 Å². The van der Waals surface area contributed by atoms with Gasteiger partial charge in [0.15, 0.2) is 0 Å². The molecule has 2 aliphatic heterocycles. The highest BCUT2D eigenvalue weighted by atomic mass is 32.2. The Morgan fingerprint density at radius 2 is 1.75 bits per heavy atom. The van der Waals surface area contributed by atoms with Crippen LogP contribution in [0.5, 0.6) is 0 Å². The van der Waals surface area contributed by atoms with E-state index in [1.165, 1.54) is 6.92 Å². The van der Waals surface area contributed by atoms with Gasteiger partial charge in [0, 0.05) is 18.5 Å². The first-order valence-corrected chi connectivity index (χ1v) is 11.0. The summed E-state index contributed by atoms with van der Waals surface area (Å²) in [7, 11) is -4.34. The molecule has 1 aromatic heterocycles. The fourth-order valence-corrected chi connectivity index (χ4v) is 5.37. The van der Waals surface area contributed by atoms with Crippen molar-refractivity contribution < 1.29 is 41.0 Å². The molecule has 1 fully saturated rings. The highest BCUT2D eigenvalue weighted by Crippen LogP contribution is 2.40. The Labute approximate surface area is 180 Å². The molecule has 4 rings (SSSR count). The standard InChI is InChI=1S/C19H18F3N3O6S/c1-10-14-15(18(28)25(2-5-26)17(14)27)12-8-11(9-13(16(12)23-10)19(20,21)22)32(29,30)24-3-6-31-7-4-24/h8-9,26H,2-7H2,1H3. The average Bonchev–Trinajstić information content (AvgIpc) is 2.99. The number of imide groups is 1. The van der Waals surface area contributed by atoms with Crippen LogP contribution in [0.25, 0.3) is 10.9 Å². The molecule has 0 atom stereocenters. The van der Waals surface area contributed by atoms with Crippen LogP contribution in [0.1, 0.15) is 32.0 Å². The maximum absolute atomic E-state index is 13.9. The van der Waals surface area contributed by atoms with Gasteiger partial charge in [-0.1, -0.05) is 0 Å². The maximum atomic E-state index is 13.9. The number of aliphatic hydroxyl groups excluding tert-OH is 1. The molecule has 0 saturated carbocycles. The number of carbonyl (C=O) groups is 2. The summed E-state index contributed by atoms with van der Waals surface area (Å²) in [5.74, 6) is -1.72. The number of pyridine rings is 1. The van der Waals surface area contributed by atoms with Crippen LogP contribution in [0.2, 0.25) is 0 Å². The number of aromatic nitrogens is 1. The zero-order valence-corrected chi connectivity index (χ0v) is 17.6. The van der Waals surface area contributed by atoms with Crippen LogP contribution in [0.15, 0.2) is 17.0 Å². The summed E-state index contributed by atoms with van der Waals surface area (Å²) >= 11 is 0. The first-order chi connectivity index (χ1) is 15.0. The topological polar surface area (TPSA) is 117 Å². The molecule has 2 aliphatic rings. The van der Waals surface area contributed by atoms with Gasteiger partial charge >= 0.3 is 6.18 Å². The molecule has 1 N–H and O–H groups in total. The van der Waals surface area contributed by atoms with Crippen molar-refractivity contribution in [1.82, 2.24) is 14.2 Å². The number of ether oxygens (including phenoxy) is 1. The number of rotatable bonds is 4. The predicted octanol–water partition coefficient (Wildman–Crippen LogP) is 1.17. The number of carbonyl (C=O) groups excluding carboxylic acids is 2. The van der Waals surface area contributed by atoms with E-state index in [1.54, 1.807) is 0 Å². The van der Waals surface area contributed by atoms with Gasteiger partial charge in [0.1, 0.15) is 0 Å². The molecule has 2 aromatic rings. The second kappa shape index (κ2) is 7.76. The number of sulfonamides is 1. The van der Waals surface area contributed by atoms with Gasteiger partial charge in [-0.25, -0.2) is 8.42 Å². The quantitative estimate of drug-likeness (QED) is 0.663. The van der Waals surface area contributed by atoms with E-state index in [1.807, 2.05) is 0 Å². The third-order valence-electron chi connectivity index (χ3n) is 5.40. The number of amides is 2. The molecule has 9 nitrogen and oxygen atoms in total. The van der Waals surface area contributed by atoms with E-state index in [2.05, 4.69) is 4.98 Å². The highest BCUT2D eigenvalue weighted by molar-refractivity contribution is 7.89. The van der Waals surface area contributed by atoms with Crippen molar-refractivity contribution in [2.75, 3.05) is 39.5 Å². The molecule has 0 aliphatic carbocycles. The predicted molar refractivity (Wildman–Crippen MR) is 104 cm³/mol.